The number of benzene rings is 1. The minimum atomic E-state index is 0. The van der Waals surface area contributed by atoms with Crippen LogP contribution in [0.15, 0.2) is 76.8 Å². The van der Waals surface area contributed by atoms with Gasteiger partial charge in [0, 0.05) is 51.8 Å². The van der Waals surface area contributed by atoms with Crippen molar-refractivity contribution in [3.63, 3.8) is 0 Å². The Morgan fingerprint density at radius 3 is 2.38 bits per heavy atom. The second-order valence-corrected chi connectivity index (χ2v) is 6.85. The van der Waals surface area contributed by atoms with Crippen molar-refractivity contribution in [3.8, 4) is 0 Å². The first-order valence-electron chi connectivity index (χ1n) is 9.32. The molecule has 0 fully saturated rings. The van der Waals surface area contributed by atoms with E-state index in [1.165, 1.54) is 5.69 Å². The van der Waals surface area contributed by atoms with Crippen molar-refractivity contribution in [3.05, 3.63) is 94.2 Å². The van der Waals surface area contributed by atoms with Gasteiger partial charge in [-0.05, 0) is 29.3 Å². The molecule has 0 saturated heterocycles. The molecule has 1 aromatic carbocycles. The highest BCUT2D eigenvalue weighted by Crippen LogP contribution is 2.07. The van der Waals surface area contributed by atoms with E-state index < -0.39 is 0 Å². The number of nitrogens with one attached hydrogen (secondary N) is 1. The molecular weight excluding hydrogens is 477 g/mol. The molecule has 0 spiro atoms. The minimum Gasteiger partial charge on any atom is -0.353 e. The summed E-state index contributed by atoms with van der Waals surface area (Å²) in [6.45, 7) is 2.05. The summed E-state index contributed by atoms with van der Waals surface area (Å²) in [4.78, 5) is 18.3. The van der Waals surface area contributed by atoms with Crippen LogP contribution >= 0.6 is 24.0 Å². The van der Waals surface area contributed by atoms with Crippen LogP contribution in [0.1, 0.15) is 16.8 Å². The number of pyridine rings is 1. The number of hydrogen-bond acceptors (Lipinski definition) is 2. The predicted molar refractivity (Wildman–Crippen MR) is 129 cm³/mol. The Hall–Kier alpha value is -2.55. The van der Waals surface area contributed by atoms with E-state index >= 15 is 0 Å². The number of rotatable bonds is 6. The van der Waals surface area contributed by atoms with Gasteiger partial charge in [0.1, 0.15) is 0 Å². The average molecular weight is 505 g/mol. The van der Waals surface area contributed by atoms with E-state index in [9.17, 15) is 4.79 Å². The third kappa shape index (κ3) is 6.22. The number of halogens is 1. The fraction of sp³-hybridized carbons (Fsp3) is 0.273. The lowest BCUT2D eigenvalue weighted by Gasteiger charge is -2.22. The van der Waals surface area contributed by atoms with Crippen LogP contribution in [0, 0.1) is 0 Å². The van der Waals surface area contributed by atoms with Crippen LogP contribution in [0.5, 0.6) is 0 Å². The lowest BCUT2D eigenvalue weighted by atomic mass is 10.1. The first-order chi connectivity index (χ1) is 13.6. The van der Waals surface area contributed by atoms with Crippen LogP contribution in [0.2, 0.25) is 0 Å². The van der Waals surface area contributed by atoms with Crippen molar-refractivity contribution in [2.45, 2.75) is 19.6 Å². The van der Waals surface area contributed by atoms with Crippen LogP contribution in [-0.4, -0.2) is 34.1 Å². The molecule has 0 aliphatic carbocycles. The van der Waals surface area contributed by atoms with E-state index in [2.05, 4.69) is 50.1 Å². The molecule has 6 nitrogen and oxygen atoms in total. The minimum absolute atomic E-state index is 0. The number of aromatic nitrogens is 2. The molecule has 3 rings (SSSR count). The molecule has 0 saturated carbocycles. The Morgan fingerprint density at radius 1 is 1.03 bits per heavy atom. The maximum atomic E-state index is 11.8. The van der Waals surface area contributed by atoms with Gasteiger partial charge in [0.2, 0.25) is 0 Å². The number of aliphatic imine (C=N–C) groups is 1. The Morgan fingerprint density at radius 2 is 1.76 bits per heavy atom. The fourth-order valence-corrected chi connectivity index (χ4v) is 3.09. The monoisotopic (exact) mass is 505 g/mol. The normalized spacial score (nSPS) is 11.1. The Kier molecular flexibility index (Phi) is 8.50. The zero-order valence-corrected chi connectivity index (χ0v) is 19.4. The molecular formula is C22H28IN5O. The van der Waals surface area contributed by atoms with Crippen molar-refractivity contribution in [2.24, 2.45) is 12.0 Å². The first kappa shape index (κ1) is 22.7. The van der Waals surface area contributed by atoms with Crippen molar-refractivity contribution in [1.82, 2.24) is 19.4 Å². The third-order valence-corrected chi connectivity index (χ3v) is 4.75. The van der Waals surface area contributed by atoms with Gasteiger partial charge in [-0.15, -0.1) is 24.0 Å². The summed E-state index contributed by atoms with van der Waals surface area (Å²) < 4.78 is 3.81. The van der Waals surface area contributed by atoms with Gasteiger partial charge in [0.25, 0.3) is 5.56 Å². The molecule has 7 heteroatoms. The van der Waals surface area contributed by atoms with E-state index in [0.29, 0.717) is 13.1 Å². The standard InChI is InChI=1S/C22H27N5O.HI/c1-23-22(26(3)17-20-7-6-13-25(20)2)24-15-18-9-11-19(12-10-18)16-27-14-5-4-8-21(27)28;/h4-14H,15-17H2,1-3H3,(H,23,24);1H. The zero-order valence-electron chi connectivity index (χ0n) is 17.1. The average Bonchev–Trinajstić information content (AvgIpc) is 3.10. The van der Waals surface area contributed by atoms with Gasteiger partial charge in [0.15, 0.2) is 5.96 Å². The second kappa shape index (κ2) is 10.8. The summed E-state index contributed by atoms with van der Waals surface area (Å²) in [5.41, 5.74) is 3.50. The topological polar surface area (TPSA) is 54.6 Å². The first-order valence-corrected chi connectivity index (χ1v) is 9.32. The molecule has 0 aliphatic heterocycles. The molecule has 154 valence electrons. The molecule has 3 aromatic rings. The van der Waals surface area contributed by atoms with Crippen LogP contribution in [0.4, 0.5) is 0 Å². The van der Waals surface area contributed by atoms with Gasteiger partial charge in [-0.1, -0.05) is 30.3 Å². The summed E-state index contributed by atoms with van der Waals surface area (Å²) in [7, 11) is 5.87. The van der Waals surface area contributed by atoms with Gasteiger partial charge in [-0.25, -0.2) is 0 Å². The zero-order chi connectivity index (χ0) is 19.9. The molecule has 0 radical (unpaired) electrons. The van der Waals surface area contributed by atoms with E-state index in [-0.39, 0.29) is 29.5 Å². The van der Waals surface area contributed by atoms with Crippen LogP contribution in [0.25, 0.3) is 0 Å². The maximum absolute atomic E-state index is 11.8. The lowest BCUT2D eigenvalue weighted by molar-refractivity contribution is 0.461. The summed E-state index contributed by atoms with van der Waals surface area (Å²) in [6, 6.07) is 17.7. The molecule has 2 heterocycles. The van der Waals surface area contributed by atoms with E-state index in [0.717, 1.165) is 23.6 Å². The number of hydrogen-bond donors (Lipinski definition) is 1. The van der Waals surface area contributed by atoms with Gasteiger partial charge >= 0.3 is 0 Å². The fourth-order valence-electron chi connectivity index (χ4n) is 3.09. The predicted octanol–water partition coefficient (Wildman–Crippen LogP) is 3.06. The Bertz CT molecular complexity index is 991. The van der Waals surface area contributed by atoms with Gasteiger partial charge in [-0.2, -0.15) is 0 Å². The Balaban J connectivity index is 0.00000300. The Labute approximate surface area is 188 Å². The number of aryl methyl sites for hydroxylation is 1. The second-order valence-electron chi connectivity index (χ2n) is 6.85. The smallest absolute Gasteiger partial charge is 0.250 e. The summed E-state index contributed by atoms with van der Waals surface area (Å²) in [6.07, 6.45) is 3.86. The summed E-state index contributed by atoms with van der Waals surface area (Å²) in [5.74, 6) is 0.848. The van der Waals surface area contributed by atoms with E-state index in [1.807, 2.05) is 38.6 Å². The summed E-state index contributed by atoms with van der Waals surface area (Å²) >= 11 is 0. The van der Waals surface area contributed by atoms with Crippen molar-refractivity contribution in [2.75, 3.05) is 14.1 Å². The van der Waals surface area contributed by atoms with E-state index in [1.54, 1.807) is 23.7 Å². The molecule has 0 unspecified atom stereocenters. The molecule has 0 amide bonds. The molecule has 0 bridgehead atoms. The van der Waals surface area contributed by atoms with Crippen LogP contribution in [-0.2, 0) is 26.7 Å². The largest absolute Gasteiger partial charge is 0.353 e. The molecule has 0 atom stereocenters. The molecule has 1 N–H and O–H groups in total. The van der Waals surface area contributed by atoms with Gasteiger partial charge in [-0.3, -0.25) is 9.79 Å². The quantitative estimate of drug-likeness (QED) is 0.319. The van der Waals surface area contributed by atoms with Gasteiger partial charge in [0.05, 0.1) is 13.1 Å². The lowest BCUT2D eigenvalue weighted by Crippen LogP contribution is -2.38. The van der Waals surface area contributed by atoms with Crippen LogP contribution in [0.3, 0.4) is 0 Å². The van der Waals surface area contributed by atoms with Crippen LogP contribution < -0.4 is 10.9 Å². The molecule has 29 heavy (non-hydrogen) atoms. The maximum Gasteiger partial charge on any atom is 0.250 e. The molecule has 2 aromatic heterocycles. The SMILES string of the molecule is CN=C(NCc1ccc(Cn2ccccc2=O)cc1)N(C)Cc1cccn1C.I. The summed E-state index contributed by atoms with van der Waals surface area (Å²) in [5, 5.41) is 3.41. The number of nitrogens with zero attached hydrogens (tertiary/aromatic N) is 4. The van der Waals surface area contributed by atoms with Crippen molar-refractivity contribution < 1.29 is 0 Å². The highest BCUT2D eigenvalue weighted by molar-refractivity contribution is 14.0. The van der Waals surface area contributed by atoms with Gasteiger partial charge < -0.3 is 19.4 Å². The van der Waals surface area contributed by atoms with Crippen molar-refractivity contribution in [1.29, 1.82) is 0 Å². The van der Waals surface area contributed by atoms with Crippen molar-refractivity contribution >= 4 is 29.9 Å². The third-order valence-electron chi connectivity index (χ3n) is 4.75. The highest BCUT2D eigenvalue weighted by Gasteiger charge is 2.08. The number of guanidine groups is 1. The van der Waals surface area contributed by atoms with E-state index in [4.69, 9.17) is 0 Å². The highest BCUT2D eigenvalue weighted by atomic mass is 127. The molecule has 0 aliphatic rings.